The lowest BCUT2D eigenvalue weighted by atomic mass is 9.90. The molecule has 0 radical (unpaired) electrons. The summed E-state index contributed by atoms with van der Waals surface area (Å²) in [4.78, 5) is 22.7. The van der Waals surface area contributed by atoms with E-state index in [0.717, 1.165) is 57.9 Å². The van der Waals surface area contributed by atoms with Crippen LogP contribution < -0.4 is 4.90 Å². The van der Waals surface area contributed by atoms with E-state index in [2.05, 4.69) is 52.9 Å². The molecule has 0 unspecified atom stereocenters. The van der Waals surface area contributed by atoms with Crippen LogP contribution in [0, 0.1) is 0 Å². The van der Waals surface area contributed by atoms with E-state index < -0.39 is 0 Å². The van der Waals surface area contributed by atoms with Crippen molar-refractivity contribution < 1.29 is 4.79 Å². The van der Waals surface area contributed by atoms with Gasteiger partial charge in [-0.25, -0.2) is 4.98 Å². The van der Waals surface area contributed by atoms with Crippen LogP contribution in [0.25, 0.3) is 10.2 Å². The van der Waals surface area contributed by atoms with Gasteiger partial charge in [0.1, 0.15) is 0 Å². The van der Waals surface area contributed by atoms with Crippen molar-refractivity contribution in [2.24, 2.45) is 0 Å². The predicted molar refractivity (Wildman–Crippen MR) is 130 cm³/mol. The van der Waals surface area contributed by atoms with Crippen LogP contribution in [0.15, 0.2) is 40.9 Å². The Morgan fingerprint density at radius 1 is 1.03 bits per heavy atom. The van der Waals surface area contributed by atoms with Gasteiger partial charge in [-0.1, -0.05) is 47.2 Å². The fraction of sp³-hybridized carbons (Fsp3) is 0.417. The van der Waals surface area contributed by atoms with Crippen LogP contribution in [-0.2, 0) is 12.8 Å². The third-order valence-corrected chi connectivity index (χ3v) is 7.48. The van der Waals surface area contributed by atoms with Gasteiger partial charge < -0.3 is 4.90 Å². The molecule has 0 saturated heterocycles. The van der Waals surface area contributed by atoms with Crippen molar-refractivity contribution in [2.75, 3.05) is 31.1 Å². The number of hydrogen-bond acceptors (Lipinski definition) is 4. The highest BCUT2D eigenvalue weighted by Gasteiger charge is 2.23. The van der Waals surface area contributed by atoms with E-state index in [4.69, 9.17) is 4.98 Å². The number of likely N-dealkylation sites (N-methyl/N-ethyl adjacent to an activating group) is 1. The van der Waals surface area contributed by atoms with E-state index >= 15 is 0 Å². The van der Waals surface area contributed by atoms with Gasteiger partial charge >= 0.3 is 0 Å². The molecule has 3 aromatic rings. The highest BCUT2D eigenvalue weighted by molar-refractivity contribution is 9.10. The maximum absolute atomic E-state index is 13.6. The third kappa shape index (κ3) is 4.61. The highest BCUT2D eigenvalue weighted by atomic mass is 79.9. The van der Waals surface area contributed by atoms with Crippen molar-refractivity contribution in [1.82, 2.24) is 9.88 Å². The van der Waals surface area contributed by atoms with E-state index in [1.807, 2.05) is 23.1 Å². The number of rotatable bonds is 7. The Kier molecular flexibility index (Phi) is 6.86. The Labute approximate surface area is 191 Å². The van der Waals surface area contributed by atoms with Crippen LogP contribution in [0.1, 0.15) is 48.2 Å². The molecule has 1 aliphatic rings. The normalized spacial score (nSPS) is 13.6. The molecule has 0 saturated carbocycles. The van der Waals surface area contributed by atoms with E-state index in [1.54, 1.807) is 11.3 Å². The van der Waals surface area contributed by atoms with Gasteiger partial charge in [0.25, 0.3) is 5.91 Å². The Hall–Kier alpha value is -1.76. The zero-order valence-corrected chi connectivity index (χ0v) is 20.1. The SMILES string of the molecule is CCN(CC)CCN(C(=O)c1ccc2c(c1)CCCC2)c1nc2ccc(Br)cc2s1. The van der Waals surface area contributed by atoms with E-state index in [1.165, 1.54) is 24.0 Å². The molecule has 0 atom stereocenters. The summed E-state index contributed by atoms with van der Waals surface area (Å²) < 4.78 is 2.12. The Bertz CT molecular complexity index is 1040. The van der Waals surface area contributed by atoms with Crippen LogP contribution in [0.5, 0.6) is 0 Å². The van der Waals surface area contributed by atoms with Crippen LogP contribution >= 0.6 is 27.3 Å². The van der Waals surface area contributed by atoms with Gasteiger partial charge in [0.2, 0.25) is 0 Å². The van der Waals surface area contributed by atoms with Crippen LogP contribution in [0.3, 0.4) is 0 Å². The number of hydrogen-bond donors (Lipinski definition) is 0. The quantitative estimate of drug-likeness (QED) is 0.416. The molecule has 0 bridgehead atoms. The number of halogens is 1. The Morgan fingerprint density at radius 2 is 1.80 bits per heavy atom. The van der Waals surface area contributed by atoms with Gasteiger partial charge in [-0.15, -0.1) is 0 Å². The lowest BCUT2D eigenvalue weighted by Crippen LogP contribution is -2.39. The van der Waals surface area contributed by atoms with Gasteiger partial charge in [0.05, 0.1) is 10.2 Å². The second-order valence-corrected chi connectivity index (χ2v) is 9.71. The number of benzene rings is 2. The number of amides is 1. The summed E-state index contributed by atoms with van der Waals surface area (Å²) in [5.41, 5.74) is 4.45. The number of nitrogens with zero attached hydrogens (tertiary/aromatic N) is 3. The van der Waals surface area contributed by atoms with Crippen molar-refractivity contribution >= 4 is 48.5 Å². The topological polar surface area (TPSA) is 36.4 Å². The largest absolute Gasteiger partial charge is 0.302 e. The fourth-order valence-corrected chi connectivity index (χ4v) is 5.63. The molecular formula is C24H28BrN3OS. The standard InChI is InChI=1S/C24H28BrN3OS/c1-3-27(4-2)13-14-28(24-26-21-12-11-20(25)16-22(21)30-24)23(29)19-10-9-17-7-5-6-8-18(17)15-19/h9-12,15-16H,3-8,13-14H2,1-2H3. The minimum Gasteiger partial charge on any atom is -0.302 e. The number of fused-ring (bicyclic) bond motifs is 2. The maximum Gasteiger partial charge on any atom is 0.260 e. The van der Waals surface area contributed by atoms with E-state index in [9.17, 15) is 4.79 Å². The van der Waals surface area contributed by atoms with Crippen molar-refractivity contribution in [2.45, 2.75) is 39.5 Å². The van der Waals surface area contributed by atoms with Crippen molar-refractivity contribution in [1.29, 1.82) is 0 Å². The summed E-state index contributed by atoms with van der Waals surface area (Å²) in [7, 11) is 0. The molecule has 4 rings (SSSR count). The summed E-state index contributed by atoms with van der Waals surface area (Å²) in [5.74, 6) is 0.0497. The van der Waals surface area contributed by atoms with Crippen LogP contribution in [0.4, 0.5) is 5.13 Å². The predicted octanol–water partition coefficient (Wildman–Crippen LogP) is 5.93. The molecule has 2 aromatic carbocycles. The molecule has 6 heteroatoms. The first kappa shape index (κ1) is 21.5. The smallest absolute Gasteiger partial charge is 0.260 e. The zero-order chi connectivity index (χ0) is 21.1. The van der Waals surface area contributed by atoms with Crippen molar-refractivity contribution in [3.05, 3.63) is 57.6 Å². The van der Waals surface area contributed by atoms with Crippen LogP contribution in [-0.4, -0.2) is 42.0 Å². The molecule has 0 aliphatic heterocycles. The van der Waals surface area contributed by atoms with Gasteiger partial charge in [-0.2, -0.15) is 0 Å². The van der Waals surface area contributed by atoms with E-state index in [0.29, 0.717) is 6.54 Å². The second kappa shape index (κ2) is 9.58. The molecule has 0 N–H and O–H groups in total. The average Bonchev–Trinajstić information content (AvgIpc) is 3.18. The van der Waals surface area contributed by atoms with Gasteiger partial charge in [-0.3, -0.25) is 9.69 Å². The average molecular weight is 486 g/mol. The first-order valence-corrected chi connectivity index (χ1v) is 12.4. The van der Waals surface area contributed by atoms with E-state index in [-0.39, 0.29) is 5.91 Å². The number of anilines is 1. The summed E-state index contributed by atoms with van der Waals surface area (Å²) in [6, 6.07) is 12.3. The number of aromatic nitrogens is 1. The number of carbonyl (C=O) groups is 1. The number of carbonyl (C=O) groups excluding carboxylic acids is 1. The fourth-order valence-electron chi connectivity index (χ4n) is 4.09. The summed E-state index contributed by atoms with van der Waals surface area (Å²) in [6.45, 7) is 7.75. The third-order valence-electron chi connectivity index (χ3n) is 5.94. The monoisotopic (exact) mass is 485 g/mol. The molecule has 158 valence electrons. The lowest BCUT2D eigenvalue weighted by molar-refractivity contribution is 0.0983. The van der Waals surface area contributed by atoms with Gasteiger partial charge in [0.15, 0.2) is 5.13 Å². The van der Waals surface area contributed by atoms with Crippen molar-refractivity contribution in [3.63, 3.8) is 0 Å². The number of thiazole rings is 1. The molecule has 1 heterocycles. The molecule has 0 spiro atoms. The molecule has 30 heavy (non-hydrogen) atoms. The lowest BCUT2D eigenvalue weighted by Gasteiger charge is -2.25. The van der Waals surface area contributed by atoms with Gasteiger partial charge in [-0.05, 0) is 80.2 Å². The highest BCUT2D eigenvalue weighted by Crippen LogP contribution is 2.32. The minimum absolute atomic E-state index is 0.0497. The summed E-state index contributed by atoms with van der Waals surface area (Å²) >= 11 is 5.12. The molecular weight excluding hydrogens is 458 g/mol. The van der Waals surface area contributed by atoms with Crippen molar-refractivity contribution in [3.8, 4) is 0 Å². The summed E-state index contributed by atoms with van der Waals surface area (Å²) in [5, 5.41) is 0.776. The molecule has 0 fully saturated rings. The Balaban J connectivity index is 1.67. The van der Waals surface area contributed by atoms with Gasteiger partial charge in [0, 0.05) is 23.1 Å². The first-order chi connectivity index (χ1) is 14.6. The number of aryl methyl sites for hydroxylation is 2. The molecule has 1 aliphatic carbocycles. The molecule has 1 amide bonds. The zero-order valence-electron chi connectivity index (χ0n) is 17.7. The minimum atomic E-state index is 0.0497. The molecule has 1 aromatic heterocycles. The maximum atomic E-state index is 13.6. The van der Waals surface area contributed by atoms with Crippen LogP contribution in [0.2, 0.25) is 0 Å². The summed E-state index contributed by atoms with van der Waals surface area (Å²) in [6.07, 6.45) is 4.66. The second-order valence-electron chi connectivity index (χ2n) is 7.78. The first-order valence-electron chi connectivity index (χ1n) is 10.8. The Morgan fingerprint density at radius 3 is 2.57 bits per heavy atom. The molecule has 4 nitrogen and oxygen atoms in total.